The van der Waals surface area contributed by atoms with Gasteiger partial charge in [0.25, 0.3) is 0 Å². The van der Waals surface area contributed by atoms with Gasteiger partial charge in [-0.2, -0.15) is 0 Å². The molecule has 137 heavy (non-hydrogen) atoms. The molecule has 7 aromatic rings. The summed E-state index contributed by atoms with van der Waals surface area (Å²) < 4.78 is 13.1. The van der Waals surface area contributed by atoms with Crippen LogP contribution in [0.2, 0.25) is 0 Å². The number of carbonyl (C=O) groups excluding carboxylic acids is 14. The minimum absolute atomic E-state index is 0.0181. The van der Waals surface area contributed by atoms with Crippen LogP contribution in [-0.2, 0) is 102 Å². The molecule has 1 fully saturated rings. The number of nitrogens with zero attached hydrogens (tertiary/aromatic N) is 7. The second kappa shape index (κ2) is 52.1. The van der Waals surface area contributed by atoms with Gasteiger partial charge >= 0.3 is 6.09 Å². The molecule has 13 amide bonds. The Labute approximate surface area is 813 Å². The lowest BCUT2D eigenvalue weighted by Crippen LogP contribution is -2.63. The molecule has 1 saturated heterocycles. The molecule has 30 heteroatoms. The van der Waals surface area contributed by atoms with E-state index in [0.29, 0.717) is 46.5 Å². The monoisotopic (exact) mass is 1900 g/mol. The quantitative estimate of drug-likeness (QED) is 0.0193. The van der Waals surface area contributed by atoms with Gasteiger partial charge in [0, 0.05) is 86.8 Å². The highest BCUT2D eigenvalue weighted by Gasteiger charge is 2.48. The number of hydrogen-bond donors (Lipinski definition) is 6. The van der Waals surface area contributed by atoms with Crippen LogP contribution in [0.4, 0.5) is 4.79 Å². The fourth-order valence-electron chi connectivity index (χ4n) is 16.9. The Balaban J connectivity index is 1.09. The van der Waals surface area contributed by atoms with Crippen molar-refractivity contribution in [3.05, 3.63) is 251 Å². The topological polar surface area (TPSA) is 352 Å². The van der Waals surface area contributed by atoms with Gasteiger partial charge in [-0.1, -0.05) is 279 Å². The average Bonchev–Trinajstić information content (AvgIpc) is 0.747. The number of hydrogen-bond acceptors (Lipinski definition) is 17. The van der Waals surface area contributed by atoms with E-state index in [1.807, 2.05) is 155 Å². The minimum Gasteiger partial charge on any atom is -0.444 e. The van der Waals surface area contributed by atoms with Gasteiger partial charge in [-0.25, -0.2) is 4.79 Å². The highest BCUT2D eigenvalue weighted by molar-refractivity contribution is 8.12. The van der Waals surface area contributed by atoms with Crippen LogP contribution >= 0.6 is 11.8 Å². The van der Waals surface area contributed by atoms with Gasteiger partial charge in [0.1, 0.15) is 77.7 Å². The molecule has 1 unspecified atom stereocenters. The normalized spacial score (nSPS) is 14.9. The molecule has 0 aromatic heterocycles. The Hall–Kier alpha value is -12.6. The third-order valence-corrected chi connectivity index (χ3v) is 25.8. The van der Waals surface area contributed by atoms with E-state index in [9.17, 15) is 24.0 Å². The van der Waals surface area contributed by atoms with Crippen molar-refractivity contribution in [1.82, 2.24) is 66.2 Å². The maximum absolute atomic E-state index is 16.5. The van der Waals surface area contributed by atoms with Gasteiger partial charge < -0.3 is 70.8 Å². The SMILES string of the molecule is CC(C)C[C@@H](C(=O)N(C)[C@H](C(=O)N[C@@H](Cc1ccccc1)C(=O)N[C@@H](CC(=O)SCc1ccccc1)C(=O)N(C)C(Cc1ccccc1)C(=O)N[C@@H](C)C(=O)N1CCCCC1)C(C)C)N(C)C(=O)CNC(=O)[C@H](Cc1ccccc1)N(C)C(=O)[C@@H](NC(=O)[C@H](CC(C)C)N(C)C(=O)[C@@H](NC(=O)[C@H](C)N(C)C(=O)OC(C)(C)C)C(C)C)[C@@H](C)OC(c1ccccc1)(c1ccccc1)c1ccccc1. The molecular weight excluding hydrogens is 1760 g/mol. The van der Waals surface area contributed by atoms with E-state index in [0.717, 1.165) is 41.5 Å². The predicted molar refractivity (Wildman–Crippen MR) is 531 cm³/mol. The number of amides is 13. The van der Waals surface area contributed by atoms with E-state index < -0.39 is 185 Å². The number of piperidine rings is 1. The van der Waals surface area contributed by atoms with Crippen LogP contribution in [0.15, 0.2) is 212 Å². The summed E-state index contributed by atoms with van der Waals surface area (Å²) in [6, 6.07) is 49.1. The third-order valence-electron chi connectivity index (χ3n) is 24.9. The van der Waals surface area contributed by atoms with Crippen LogP contribution in [0.1, 0.15) is 174 Å². The lowest BCUT2D eigenvalue weighted by molar-refractivity contribution is -0.151. The molecule has 1 heterocycles. The van der Waals surface area contributed by atoms with E-state index in [1.54, 1.807) is 152 Å². The fourth-order valence-corrected chi connectivity index (χ4v) is 17.7. The Kier molecular flexibility index (Phi) is 41.7. The third kappa shape index (κ3) is 31.2. The van der Waals surface area contributed by atoms with Crippen molar-refractivity contribution in [2.75, 3.05) is 61.9 Å². The number of thioether (sulfide) groups is 1. The molecule has 0 bridgehead atoms. The van der Waals surface area contributed by atoms with Crippen molar-refractivity contribution < 1.29 is 76.6 Å². The number of carbonyl (C=O) groups is 14. The predicted octanol–water partition coefficient (Wildman–Crippen LogP) is 11.3. The molecule has 29 nitrogen and oxygen atoms in total. The summed E-state index contributed by atoms with van der Waals surface area (Å²) in [7, 11) is 8.48. The van der Waals surface area contributed by atoms with E-state index in [-0.39, 0.29) is 55.6 Å². The number of likely N-dealkylation sites (N-methyl/N-ethyl adjacent to an activating group) is 6. The first-order valence-corrected chi connectivity index (χ1v) is 48.4. The molecule has 0 radical (unpaired) electrons. The van der Waals surface area contributed by atoms with Gasteiger partial charge in [-0.05, 0) is 136 Å². The molecule has 7 aromatic carbocycles. The fraction of sp³-hybridized carbons (Fsp3) is 0.477. The van der Waals surface area contributed by atoms with E-state index >= 15 is 43.2 Å². The van der Waals surface area contributed by atoms with E-state index in [1.165, 1.54) is 73.7 Å². The number of likely N-dealkylation sites (tertiary alicyclic amines) is 1. The molecule has 8 rings (SSSR count). The second-order valence-electron chi connectivity index (χ2n) is 38.3. The summed E-state index contributed by atoms with van der Waals surface area (Å²) in [5.41, 5.74) is 2.24. The summed E-state index contributed by atoms with van der Waals surface area (Å²) in [5.74, 6) is -10.1. The molecule has 1 aliphatic rings. The van der Waals surface area contributed by atoms with Crippen molar-refractivity contribution in [3.8, 4) is 0 Å². The van der Waals surface area contributed by atoms with Gasteiger partial charge in [-0.3, -0.25) is 67.2 Å². The maximum Gasteiger partial charge on any atom is 0.410 e. The van der Waals surface area contributed by atoms with Crippen molar-refractivity contribution in [2.45, 2.75) is 244 Å². The van der Waals surface area contributed by atoms with Crippen molar-refractivity contribution in [2.24, 2.45) is 23.7 Å². The summed E-state index contributed by atoms with van der Waals surface area (Å²) in [4.78, 5) is 219. The second-order valence-corrected chi connectivity index (χ2v) is 39.3. The van der Waals surface area contributed by atoms with Gasteiger partial charge in [0.15, 0.2) is 5.12 Å². The Morgan fingerprint density at radius 1 is 0.387 bits per heavy atom. The van der Waals surface area contributed by atoms with Crippen molar-refractivity contribution >= 4 is 93.9 Å². The van der Waals surface area contributed by atoms with E-state index in [4.69, 9.17) is 9.47 Å². The van der Waals surface area contributed by atoms with Crippen LogP contribution in [0, 0.1) is 23.7 Å². The number of benzene rings is 7. The first-order valence-electron chi connectivity index (χ1n) is 47.5. The Morgan fingerprint density at radius 2 is 0.796 bits per heavy atom. The zero-order valence-electron chi connectivity index (χ0n) is 83.2. The zero-order valence-corrected chi connectivity index (χ0v) is 84.0. The minimum atomic E-state index is -1.69. The standard InChI is InChI=1S/C107H143N13O16S/c1-69(2)61-85(117(18)103(132)91(71(5)6)112-94(123)74(10)114(15)105(134)136-106(12,13)14)98(127)113-92(75(11)135-107(80-53-37-25-38-54-80,81-55-39-26-40-56-81)82-57-41-27-42-58-82)104(133)118(19)86(64-77-47-31-22-32-48-77)96(125)108-67-89(121)115(16)88(62-70(3)4)102(131)119(20)93(72(7)8)99(128)110-83(63-76-45-29-21-30-46-76)95(124)111-84(66-90(122)137-68-79-51-35-24-36-52-79)101(130)116(17)87(65-78-49-33-23-34-50-78)97(126)109-73(9)100(129)120-59-43-28-44-60-120/h21-27,29-42,45-58,69-75,83-88,91-93H,28,43-44,59-68H2,1-20H3,(H,108,125)(H,109,126)(H,110,128)(H,111,124)(H,112,123)(H,113,127)/t73-,74-,75+,83-,84-,85-,86-,87?,88-,91-,92-,93-/m0/s1. The molecule has 738 valence electrons. The molecule has 6 N–H and O–H groups in total. The van der Waals surface area contributed by atoms with Gasteiger partial charge in [-0.15, -0.1) is 0 Å². The average molecular weight is 1900 g/mol. The molecule has 0 saturated carbocycles. The molecule has 0 spiro atoms. The number of ether oxygens (including phenoxy) is 2. The maximum atomic E-state index is 16.5. The summed E-state index contributed by atoms with van der Waals surface area (Å²) in [6.07, 6.45) is -0.243. The number of nitrogens with one attached hydrogen (secondary N) is 6. The zero-order chi connectivity index (χ0) is 101. The summed E-state index contributed by atoms with van der Waals surface area (Å²) in [6.45, 7) is 24.5. The molecule has 0 aliphatic carbocycles. The van der Waals surface area contributed by atoms with E-state index in [2.05, 4.69) is 31.9 Å². The number of rotatable bonds is 46. The Bertz CT molecular complexity index is 5050. The van der Waals surface area contributed by atoms with Crippen LogP contribution in [0.25, 0.3) is 0 Å². The van der Waals surface area contributed by atoms with Crippen molar-refractivity contribution in [1.29, 1.82) is 0 Å². The Morgan fingerprint density at radius 3 is 1.26 bits per heavy atom. The molecule has 12 atom stereocenters. The van der Waals surface area contributed by atoms with Gasteiger partial charge in [0.2, 0.25) is 70.9 Å². The highest BCUT2D eigenvalue weighted by atomic mass is 32.2. The van der Waals surface area contributed by atoms with Crippen LogP contribution < -0.4 is 31.9 Å². The van der Waals surface area contributed by atoms with Crippen LogP contribution in [-0.4, -0.2) is 256 Å². The van der Waals surface area contributed by atoms with Gasteiger partial charge in [0.05, 0.1) is 12.6 Å². The van der Waals surface area contributed by atoms with Crippen LogP contribution in [0.3, 0.4) is 0 Å². The molecule has 1 aliphatic heterocycles. The largest absolute Gasteiger partial charge is 0.444 e. The summed E-state index contributed by atoms with van der Waals surface area (Å²) >= 11 is 0.934. The van der Waals surface area contributed by atoms with Crippen molar-refractivity contribution in [3.63, 3.8) is 0 Å². The smallest absolute Gasteiger partial charge is 0.410 e. The lowest BCUT2D eigenvalue weighted by atomic mass is 9.79. The first kappa shape index (κ1) is 110. The van der Waals surface area contributed by atoms with Crippen LogP contribution in [0.5, 0.6) is 0 Å². The summed E-state index contributed by atoms with van der Waals surface area (Å²) in [5, 5.41) is 16.8. The first-order chi connectivity index (χ1) is 64.9. The highest BCUT2D eigenvalue weighted by Crippen LogP contribution is 2.42. The lowest BCUT2D eigenvalue weighted by Gasteiger charge is -2.41. The molecular formula is C107H143N13O16S.